The zero-order valence-electron chi connectivity index (χ0n) is 20.8. The van der Waals surface area contributed by atoms with Crippen molar-refractivity contribution in [3.8, 4) is 28.1 Å². The lowest BCUT2D eigenvalue weighted by molar-refractivity contribution is 0.0920. The number of alkyl halides is 1. The Bertz CT molecular complexity index is 1160. The molecule has 1 aliphatic heterocycles. The first-order valence-electron chi connectivity index (χ1n) is 11.9. The summed E-state index contributed by atoms with van der Waals surface area (Å²) in [6.45, 7) is 8.03. The van der Waals surface area contributed by atoms with Crippen LogP contribution in [0.2, 0.25) is 0 Å². The number of phenols is 1. The number of hydrogen-bond acceptors (Lipinski definition) is 6. The van der Waals surface area contributed by atoms with E-state index in [1.54, 1.807) is 6.07 Å². The van der Waals surface area contributed by atoms with E-state index in [0.29, 0.717) is 36.5 Å². The smallest absolute Gasteiger partial charge is 0.290 e. The van der Waals surface area contributed by atoms with E-state index in [1.165, 1.54) is 0 Å². The quantitative estimate of drug-likeness (QED) is 0.457. The molecule has 35 heavy (non-hydrogen) atoms. The van der Waals surface area contributed by atoms with Crippen molar-refractivity contribution >= 4 is 5.91 Å². The van der Waals surface area contributed by atoms with Crippen molar-refractivity contribution in [2.45, 2.75) is 39.7 Å². The van der Waals surface area contributed by atoms with E-state index in [0.717, 1.165) is 42.3 Å². The number of nitrogens with zero attached hydrogens (tertiary/aromatic N) is 2. The Hall–Kier alpha value is -3.23. The minimum Gasteiger partial charge on any atom is -0.507 e. The monoisotopic (exact) mass is 483 g/mol. The van der Waals surface area contributed by atoms with Gasteiger partial charge in [0.2, 0.25) is 5.76 Å². The van der Waals surface area contributed by atoms with Crippen LogP contribution in [0.4, 0.5) is 4.39 Å². The lowest BCUT2D eigenvalue weighted by Crippen LogP contribution is -2.32. The second-order valence-corrected chi connectivity index (χ2v) is 8.72. The molecule has 3 aromatic rings. The number of hydrogen-bond donors (Lipinski definition) is 3. The highest BCUT2D eigenvalue weighted by atomic mass is 19.1. The molecule has 0 bridgehead atoms. The van der Waals surface area contributed by atoms with Gasteiger partial charge in [0, 0.05) is 38.9 Å². The molecule has 188 valence electrons. The van der Waals surface area contributed by atoms with E-state index in [-0.39, 0.29) is 30.0 Å². The van der Waals surface area contributed by atoms with Gasteiger partial charge in [-0.2, -0.15) is 0 Å². The maximum Gasteiger partial charge on any atom is 0.290 e. The fraction of sp³-hybridized carbons (Fsp3) is 0.407. The van der Waals surface area contributed by atoms with Crippen LogP contribution in [0.15, 0.2) is 40.9 Å². The second kappa shape index (κ2) is 12.0. The summed E-state index contributed by atoms with van der Waals surface area (Å²) in [5, 5.41) is 24.7. The Morgan fingerprint density at radius 3 is 2.66 bits per heavy atom. The number of halogens is 1. The molecule has 4 rings (SSSR count). The van der Waals surface area contributed by atoms with Gasteiger partial charge in [-0.3, -0.25) is 9.69 Å². The first kappa shape index (κ1) is 26.4. The maximum atomic E-state index is 12.8. The maximum absolute atomic E-state index is 12.8. The van der Waals surface area contributed by atoms with E-state index >= 15 is 0 Å². The molecule has 0 saturated carbocycles. The van der Waals surface area contributed by atoms with Crippen molar-refractivity contribution < 1.29 is 23.9 Å². The molecule has 3 N–H and O–H groups in total. The Morgan fingerprint density at radius 2 is 1.97 bits per heavy atom. The van der Waals surface area contributed by atoms with Gasteiger partial charge in [0.15, 0.2) is 0 Å². The average molecular weight is 484 g/mol. The summed E-state index contributed by atoms with van der Waals surface area (Å²) in [5.41, 5.74) is 5.70. The molecule has 0 unspecified atom stereocenters. The molecule has 7 nitrogen and oxygen atoms in total. The minimum absolute atomic E-state index is 0.0798. The SMILES string of the molecule is CCNC(=O)c1onc(-c2cc(C(C)C)ccc2O)c1-c1ccc2c(c1)CCN(CCF)C2.CO. The van der Waals surface area contributed by atoms with Gasteiger partial charge in [0.05, 0.1) is 5.56 Å². The van der Waals surface area contributed by atoms with Gasteiger partial charge in [-0.25, -0.2) is 4.39 Å². The molecule has 0 aliphatic carbocycles. The number of carbonyl (C=O) groups excluding carboxylic acids is 1. The molecule has 0 atom stereocenters. The number of phenolic OH excluding ortho intramolecular Hbond substituents is 1. The molecule has 1 amide bonds. The molecular weight excluding hydrogens is 449 g/mol. The number of aromatic hydroxyl groups is 1. The zero-order chi connectivity index (χ0) is 25.5. The van der Waals surface area contributed by atoms with E-state index in [4.69, 9.17) is 9.63 Å². The van der Waals surface area contributed by atoms with Crippen molar-refractivity contribution in [1.82, 2.24) is 15.4 Å². The van der Waals surface area contributed by atoms with Crippen molar-refractivity contribution in [2.75, 3.05) is 33.4 Å². The molecule has 2 aromatic carbocycles. The fourth-order valence-corrected chi connectivity index (χ4v) is 4.32. The highest BCUT2D eigenvalue weighted by Gasteiger charge is 2.27. The van der Waals surface area contributed by atoms with Gasteiger partial charge >= 0.3 is 0 Å². The third kappa shape index (κ3) is 5.71. The predicted molar refractivity (Wildman–Crippen MR) is 134 cm³/mol. The van der Waals surface area contributed by atoms with Crippen LogP contribution in [0.3, 0.4) is 0 Å². The lowest BCUT2D eigenvalue weighted by atomic mass is 9.91. The van der Waals surface area contributed by atoms with Gasteiger partial charge in [0.25, 0.3) is 5.91 Å². The van der Waals surface area contributed by atoms with E-state index < -0.39 is 0 Å². The number of amides is 1. The zero-order valence-corrected chi connectivity index (χ0v) is 20.8. The molecule has 1 aliphatic rings. The van der Waals surface area contributed by atoms with Gasteiger partial charge in [-0.05, 0) is 53.6 Å². The number of aliphatic hydroxyl groups excluding tert-OH is 1. The number of rotatable bonds is 7. The van der Waals surface area contributed by atoms with Crippen LogP contribution in [-0.4, -0.2) is 59.6 Å². The molecular formula is C27H34FN3O4. The summed E-state index contributed by atoms with van der Waals surface area (Å²) in [6, 6.07) is 11.5. The molecule has 1 aromatic heterocycles. The largest absolute Gasteiger partial charge is 0.507 e. The Balaban J connectivity index is 0.00000167. The Morgan fingerprint density at radius 1 is 1.20 bits per heavy atom. The molecule has 0 saturated heterocycles. The van der Waals surface area contributed by atoms with Crippen LogP contribution in [-0.2, 0) is 13.0 Å². The number of aliphatic hydroxyl groups is 1. The number of benzene rings is 2. The molecule has 0 fully saturated rings. The average Bonchev–Trinajstić information content (AvgIpc) is 3.30. The topological polar surface area (TPSA) is 98.8 Å². The number of carbonyl (C=O) groups is 1. The minimum atomic E-state index is -0.355. The summed E-state index contributed by atoms with van der Waals surface area (Å²) >= 11 is 0. The third-order valence-electron chi connectivity index (χ3n) is 6.17. The van der Waals surface area contributed by atoms with Crippen LogP contribution in [0.5, 0.6) is 5.75 Å². The normalized spacial score (nSPS) is 13.2. The van der Waals surface area contributed by atoms with Gasteiger partial charge in [-0.1, -0.05) is 43.3 Å². The van der Waals surface area contributed by atoms with Crippen LogP contribution in [0, 0.1) is 0 Å². The lowest BCUT2D eigenvalue weighted by Gasteiger charge is -2.28. The summed E-state index contributed by atoms with van der Waals surface area (Å²) in [4.78, 5) is 14.9. The number of nitrogens with one attached hydrogen (secondary N) is 1. The van der Waals surface area contributed by atoms with Crippen LogP contribution in [0.25, 0.3) is 22.4 Å². The highest BCUT2D eigenvalue weighted by Crippen LogP contribution is 2.40. The summed E-state index contributed by atoms with van der Waals surface area (Å²) < 4.78 is 18.3. The summed E-state index contributed by atoms with van der Waals surface area (Å²) in [5.74, 6) is 0.114. The van der Waals surface area contributed by atoms with Crippen molar-refractivity contribution in [2.24, 2.45) is 0 Å². The Kier molecular flexibility index (Phi) is 9.01. The van der Waals surface area contributed by atoms with Crippen molar-refractivity contribution in [3.05, 3.63) is 58.8 Å². The predicted octanol–water partition coefficient (Wildman–Crippen LogP) is 4.52. The van der Waals surface area contributed by atoms with Gasteiger partial charge in [0.1, 0.15) is 18.1 Å². The molecule has 0 spiro atoms. The highest BCUT2D eigenvalue weighted by molar-refractivity contribution is 6.02. The third-order valence-corrected chi connectivity index (χ3v) is 6.17. The van der Waals surface area contributed by atoms with Crippen LogP contribution >= 0.6 is 0 Å². The summed E-state index contributed by atoms with van der Waals surface area (Å²) in [6.07, 6.45) is 0.800. The van der Waals surface area contributed by atoms with Crippen molar-refractivity contribution in [1.29, 1.82) is 0 Å². The van der Waals surface area contributed by atoms with Crippen molar-refractivity contribution in [3.63, 3.8) is 0 Å². The molecule has 8 heteroatoms. The van der Waals surface area contributed by atoms with Crippen LogP contribution < -0.4 is 5.32 Å². The Labute approximate surface area is 205 Å². The molecule has 0 radical (unpaired) electrons. The fourth-order valence-electron chi connectivity index (χ4n) is 4.32. The van der Waals surface area contributed by atoms with E-state index in [9.17, 15) is 14.3 Å². The van der Waals surface area contributed by atoms with Gasteiger partial charge in [-0.15, -0.1) is 0 Å². The van der Waals surface area contributed by atoms with Gasteiger partial charge < -0.3 is 20.1 Å². The van der Waals surface area contributed by atoms with E-state index in [2.05, 4.69) is 35.3 Å². The first-order chi connectivity index (χ1) is 16.9. The number of aromatic nitrogens is 1. The first-order valence-corrected chi connectivity index (χ1v) is 11.9. The molecule has 2 heterocycles. The standard InChI is InChI=1S/C26H30FN3O3.CH4O/c1-4-28-26(32)25-23(19-5-6-20-15-30(12-10-27)11-9-18(20)13-19)24(29-33-25)21-14-17(16(2)3)7-8-22(21)31;1-2/h5-8,13-14,16,31H,4,9-12,15H2,1-3H3,(H,28,32);2H,1H3. The second-order valence-electron chi connectivity index (χ2n) is 8.72. The number of fused-ring (bicyclic) bond motifs is 1. The van der Waals surface area contributed by atoms with E-state index in [1.807, 2.05) is 31.2 Å². The summed E-state index contributed by atoms with van der Waals surface area (Å²) in [7, 11) is 1.00. The van der Waals surface area contributed by atoms with Crippen LogP contribution in [0.1, 0.15) is 53.9 Å².